The van der Waals surface area contributed by atoms with Gasteiger partial charge in [0.05, 0.1) is 10.2 Å². The highest BCUT2D eigenvalue weighted by Crippen LogP contribution is 2.23. The molecule has 0 aliphatic carbocycles. The summed E-state index contributed by atoms with van der Waals surface area (Å²) in [4.78, 5) is 4.11. The number of hydrogen-bond donors (Lipinski definition) is 5. The lowest BCUT2D eigenvalue weighted by Gasteiger charge is -2.07. The highest BCUT2D eigenvalue weighted by molar-refractivity contribution is 9.10. The summed E-state index contributed by atoms with van der Waals surface area (Å²) < 4.78 is 51.0. The lowest BCUT2D eigenvalue weighted by atomic mass is 10.3. The Labute approximate surface area is 161 Å². The fraction of sp³-hybridized carbons (Fsp3) is 0.308. The second-order valence-electron chi connectivity index (χ2n) is 5.09. The average Bonchev–Trinajstić information content (AvgIpc) is 3.10. The van der Waals surface area contributed by atoms with Crippen LogP contribution in [0.1, 0.15) is 12.1 Å². The van der Waals surface area contributed by atoms with Crippen molar-refractivity contribution in [2.45, 2.75) is 6.42 Å². The van der Waals surface area contributed by atoms with E-state index in [9.17, 15) is 18.2 Å². The van der Waals surface area contributed by atoms with Gasteiger partial charge in [-0.3, -0.25) is 10.7 Å². The van der Waals surface area contributed by atoms with Gasteiger partial charge in [-0.1, -0.05) is 0 Å². The van der Waals surface area contributed by atoms with Crippen molar-refractivity contribution in [2.75, 3.05) is 24.4 Å². The summed E-state index contributed by atoms with van der Waals surface area (Å²) in [7, 11) is -3.40. The van der Waals surface area contributed by atoms with Crippen molar-refractivity contribution in [2.24, 2.45) is 4.99 Å². The number of rotatable bonds is 9. The van der Waals surface area contributed by atoms with Gasteiger partial charge in [0.25, 0.3) is 0 Å². The minimum Gasteiger partial charge on any atom is -0.365 e. The van der Waals surface area contributed by atoms with E-state index in [0.717, 1.165) is 0 Å². The minimum absolute atomic E-state index is 0.0685. The van der Waals surface area contributed by atoms with Crippen molar-refractivity contribution in [1.82, 2.24) is 20.5 Å². The fourth-order valence-corrected chi connectivity index (χ4v) is 2.76. The summed E-state index contributed by atoms with van der Waals surface area (Å²) in [6.07, 6.45) is 0.395. The van der Waals surface area contributed by atoms with E-state index in [1.54, 1.807) is 0 Å². The molecule has 2 aromatic rings. The molecule has 1 heterocycles. The molecule has 14 heteroatoms. The second kappa shape index (κ2) is 9.68. The first-order chi connectivity index (χ1) is 12.9. The number of anilines is 1. The number of nitrogens with zero attached hydrogens (tertiary/aromatic N) is 3. The molecule has 5 N–H and O–H groups in total. The first kappa shape index (κ1) is 21.1. The molecule has 0 spiro atoms. The van der Waals surface area contributed by atoms with Crippen LogP contribution in [0, 0.1) is 10.6 Å². The molecule has 0 aliphatic heterocycles. The highest BCUT2D eigenvalue weighted by Gasteiger charge is 2.16. The summed E-state index contributed by atoms with van der Waals surface area (Å²) in [6, 6.07) is 2.74. The Morgan fingerprint density at radius 3 is 2.85 bits per heavy atom. The van der Waals surface area contributed by atoms with E-state index >= 15 is 0 Å². The van der Waals surface area contributed by atoms with Crippen molar-refractivity contribution in [3.05, 3.63) is 34.2 Å². The third-order valence-corrected chi connectivity index (χ3v) is 4.68. The van der Waals surface area contributed by atoms with Gasteiger partial charge in [-0.05, 0) is 50.9 Å². The molecule has 148 valence electrons. The first-order valence-corrected chi connectivity index (χ1v) is 9.96. The predicted molar refractivity (Wildman–Crippen MR) is 97.5 cm³/mol. The third-order valence-electron chi connectivity index (χ3n) is 3.10. The normalized spacial score (nSPS) is 14.0. The molecule has 0 saturated heterocycles. The summed E-state index contributed by atoms with van der Waals surface area (Å²) in [5, 5.41) is 19.5. The number of aromatic nitrogens is 2. The molecule has 0 radical (unpaired) electrons. The van der Waals surface area contributed by atoms with Crippen molar-refractivity contribution < 1.29 is 22.8 Å². The number of aliphatic imine (C=N–C) groups is 1. The van der Waals surface area contributed by atoms with E-state index in [1.165, 1.54) is 18.2 Å². The number of benzene rings is 1. The zero-order valence-electron chi connectivity index (χ0n) is 13.7. The Balaban J connectivity index is 2.03. The van der Waals surface area contributed by atoms with E-state index in [2.05, 4.69) is 45.9 Å². The largest absolute Gasteiger partial charge is 0.365 e. The van der Waals surface area contributed by atoms with Crippen LogP contribution in [-0.4, -0.2) is 44.7 Å². The van der Waals surface area contributed by atoms with E-state index in [-0.39, 0.29) is 28.4 Å². The highest BCUT2D eigenvalue weighted by atomic mass is 79.9. The van der Waals surface area contributed by atoms with Gasteiger partial charge in [0.15, 0.2) is 17.5 Å². The molecule has 0 amide bonds. The molecular weight excluding hydrogens is 452 g/mol. The van der Waals surface area contributed by atoms with Crippen LogP contribution in [0.2, 0.25) is 0 Å². The maximum absolute atomic E-state index is 13.3. The van der Waals surface area contributed by atoms with Crippen LogP contribution in [0.4, 0.5) is 20.3 Å². The molecule has 1 aromatic carbocycles. The van der Waals surface area contributed by atoms with Gasteiger partial charge in [-0.15, -0.1) is 0 Å². The molecule has 2 rings (SSSR count). The standard InChI is InChI=1S/C13H16BrF2N7O3S/c14-9-6-8(2-3-10(9)16)20-13(21-24)11-12(23-26-22-11)18-4-1-5-19-27(17,25)7-15/h2-3,6,24H,1,4-5,7H2,(H,18,23)(H,20,21)(H2,17,19,25). The van der Waals surface area contributed by atoms with Crippen LogP contribution in [0.15, 0.2) is 32.3 Å². The molecule has 10 nitrogen and oxygen atoms in total. The van der Waals surface area contributed by atoms with Crippen LogP contribution < -0.4 is 15.5 Å². The zero-order chi connectivity index (χ0) is 19.9. The second-order valence-corrected chi connectivity index (χ2v) is 7.80. The lowest BCUT2D eigenvalue weighted by Crippen LogP contribution is -2.26. The number of hydroxylamine groups is 1. The summed E-state index contributed by atoms with van der Waals surface area (Å²) in [5.41, 5.74) is 2.27. The Morgan fingerprint density at radius 2 is 2.19 bits per heavy atom. The molecule has 1 unspecified atom stereocenters. The van der Waals surface area contributed by atoms with Crippen molar-refractivity contribution in [1.29, 1.82) is 4.78 Å². The Bertz CT molecular complexity index is 907. The number of nitrogens with one attached hydrogen (secondary N) is 4. The van der Waals surface area contributed by atoms with Crippen molar-refractivity contribution in [3.8, 4) is 0 Å². The van der Waals surface area contributed by atoms with Gasteiger partial charge in [0, 0.05) is 13.1 Å². The van der Waals surface area contributed by atoms with E-state index in [4.69, 9.17) is 4.78 Å². The maximum atomic E-state index is 13.3. The van der Waals surface area contributed by atoms with Crippen LogP contribution >= 0.6 is 15.9 Å². The zero-order valence-corrected chi connectivity index (χ0v) is 16.1. The maximum Gasteiger partial charge on any atom is 0.202 e. The van der Waals surface area contributed by atoms with Crippen LogP contribution in [0.25, 0.3) is 0 Å². The van der Waals surface area contributed by atoms with Gasteiger partial charge in [0.1, 0.15) is 15.7 Å². The third kappa shape index (κ3) is 6.20. The predicted octanol–water partition coefficient (Wildman–Crippen LogP) is 2.31. The first-order valence-electron chi connectivity index (χ1n) is 7.44. The van der Waals surface area contributed by atoms with Gasteiger partial charge >= 0.3 is 0 Å². The number of amidine groups is 1. The van der Waals surface area contributed by atoms with Gasteiger partial charge in [-0.2, -0.15) is 0 Å². The number of alkyl halides is 1. The molecule has 0 bridgehead atoms. The van der Waals surface area contributed by atoms with E-state index in [1.807, 2.05) is 5.48 Å². The summed E-state index contributed by atoms with van der Waals surface area (Å²) in [5.74, 6) is -0.397. The molecule has 1 atom stereocenters. The Morgan fingerprint density at radius 1 is 1.41 bits per heavy atom. The molecule has 0 aliphatic rings. The quantitative estimate of drug-likeness (QED) is 0.164. The summed E-state index contributed by atoms with van der Waals surface area (Å²) in [6.45, 7) is 0.444. The molecule has 27 heavy (non-hydrogen) atoms. The topological polar surface area (TPSA) is 149 Å². The van der Waals surface area contributed by atoms with Crippen molar-refractivity contribution >= 4 is 43.2 Å². The van der Waals surface area contributed by atoms with Crippen LogP contribution in [0.5, 0.6) is 0 Å². The van der Waals surface area contributed by atoms with Gasteiger partial charge in [-0.25, -0.2) is 32.1 Å². The van der Waals surface area contributed by atoms with Crippen molar-refractivity contribution in [3.63, 3.8) is 0 Å². The summed E-state index contributed by atoms with van der Waals surface area (Å²) >= 11 is 3.04. The minimum atomic E-state index is -3.40. The lowest BCUT2D eigenvalue weighted by molar-refractivity contribution is 0.234. The number of hydrogen-bond acceptors (Lipinski definition) is 8. The van der Waals surface area contributed by atoms with Crippen LogP contribution in [-0.2, 0) is 9.92 Å². The van der Waals surface area contributed by atoms with Gasteiger partial charge in [0.2, 0.25) is 5.82 Å². The van der Waals surface area contributed by atoms with E-state index in [0.29, 0.717) is 18.7 Å². The molecule has 0 saturated carbocycles. The Kier molecular flexibility index (Phi) is 7.58. The Hall–Kier alpha value is -2.16. The average molecular weight is 468 g/mol. The van der Waals surface area contributed by atoms with Crippen LogP contribution in [0.3, 0.4) is 0 Å². The molecule has 0 fully saturated rings. The van der Waals surface area contributed by atoms with Gasteiger partial charge < -0.3 is 5.32 Å². The monoisotopic (exact) mass is 467 g/mol. The number of halogens is 3. The smallest absolute Gasteiger partial charge is 0.202 e. The fourth-order valence-electron chi connectivity index (χ4n) is 1.85. The SMILES string of the molecule is N=S(=O)(CF)NCCCNc1nonc1C(=Nc1ccc(F)c(Br)c1)NO. The molecular formula is C13H16BrF2N7O3S. The molecule has 1 aromatic heterocycles. The van der Waals surface area contributed by atoms with E-state index < -0.39 is 21.7 Å².